The van der Waals surface area contributed by atoms with Crippen LogP contribution >= 0.6 is 0 Å². The van der Waals surface area contributed by atoms with Crippen molar-refractivity contribution in [2.45, 2.75) is 24.6 Å². The molecule has 8 heteroatoms. The van der Waals surface area contributed by atoms with Gasteiger partial charge >= 0.3 is 12.1 Å². The number of fused-ring (bicyclic) bond motifs is 2. The average Bonchev–Trinajstić information content (AvgIpc) is 3.17. The van der Waals surface area contributed by atoms with Crippen LogP contribution in [0, 0.1) is 0 Å². The fourth-order valence-electron chi connectivity index (χ4n) is 4.27. The quantitative estimate of drug-likeness (QED) is 0.535. The smallest absolute Gasteiger partial charge is 0.417 e. The van der Waals surface area contributed by atoms with E-state index in [9.17, 15) is 18.0 Å². The second kappa shape index (κ2) is 8.03. The highest BCUT2D eigenvalue weighted by Crippen LogP contribution is 2.46. The lowest BCUT2D eigenvalue weighted by molar-refractivity contribution is -0.138. The minimum absolute atomic E-state index is 0.0402. The first-order valence-electron chi connectivity index (χ1n) is 10.4. The van der Waals surface area contributed by atoms with Gasteiger partial charge in [0.15, 0.2) is 17.6 Å². The van der Waals surface area contributed by atoms with E-state index in [1.165, 1.54) is 12.1 Å². The number of hydrogen-bond donors (Lipinski definition) is 1. The maximum atomic E-state index is 13.5. The topological polar surface area (TPSA) is 65.0 Å². The zero-order valence-electron chi connectivity index (χ0n) is 17.3. The Balaban J connectivity index is 1.42. The molecule has 2 aliphatic rings. The Morgan fingerprint density at radius 1 is 0.939 bits per heavy atom. The van der Waals surface area contributed by atoms with Crippen LogP contribution in [0.15, 0.2) is 60.7 Å². The van der Waals surface area contributed by atoms with Gasteiger partial charge < -0.3 is 19.3 Å². The number of aliphatic carboxylic acids is 1. The molecular formula is C25H19F3O5. The predicted octanol–water partition coefficient (Wildman–Crippen LogP) is 5.84. The minimum atomic E-state index is -4.46. The first-order valence-corrected chi connectivity index (χ1v) is 10.4. The highest BCUT2D eigenvalue weighted by molar-refractivity contribution is 5.70. The molecule has 3 aromatic carbocycles. The van der Waals surface area contributed by atoms with Gasteiger partial charge in [-0.3, -0.25) is 4.79 Å². The second-order valence-electron chi connectivity index (χ2n) is 8.03. The van der Waals surface area contributed by atoms with Gasteiger partial charge in [-0.2, -0.15) is 13.2 Å². The van der Waals surface area contributed by atoms with E-state index in [0.717, 1.165) is 11.6 Å². The molecule has 0 saturated carbocycles. The molecular weight excluding hydrogens is 437 g/mol. The Morgan fingerprint density at radius 3 is 2.52 bits per heavy atom. The van der Waals surface area contributed by atoms with Crippen LogP contribution in [0.25, 0.3) is 11.1 Å². The summed E-state index contributed by atoms with van der Waals surface area (Å²) in [6, 6.07) is 15.7. The van der Waals surface area contributed by atoms with Gasteiger partial charge in [-0.05, 0) is 34.9 Å². The third-order valence-corrected chi connectivity index (χ3v) is 5.84. The molecule has 2 atom stereocenters. The largest absolute Gasteiger partial charge is 0.492 e. The molecule has 0 saturated heterocycles. The van der Waals surface area contributed by atoms with Gasteiger partial charge in [0.2, 0.25) is 0 Å². The number of ether oxygens (including phenoxy) is 3. The first kappa shape index (κ1) is 21.2. The Labute approximate surface area is 187 Å². The van der Waals surface area contributed by atoms with Crippen LogP contribution in [-0.2, 0) is 11.0 Å². The lowest BCUT2D eigenvalue weighted by Gasteiger charge is -2.28. The molecule has 0 radical (unpaired) electrons. The molecule has 2 heterocycles. The third-order valence-electron chi connectivity index (χ3n) is 5.84. The van der Waals surface area contributed by atoms with Crippen molar-refractivity contribution in [3.05, 3.63) is 77.4 Å². The molecule has 0 amide bonds. The molecule has 1 N–H and O–H groups in total. The van der Waals surface area contributed by atoms with Crippen molar-refractivity contribution < 1.29 is 37.3 Å². The monoisotopic (exact) mass is 456 g/mol. The van der Waals surface area contributed by atoms with E-state index in [4.69, 9.17) is 19.3 Å². The van der Waals surface area contributed by atoms with E-state index >= 15 is 0 Å². The summed E-state index contributed by atoms with van der Waals surface area (Å²) in [6.07, 6.45) is -5.03. The molecule has 3 aromatic rings. The van der Waals surface area contributed by atoms with E-state index in [0.29, 0.717) is 28.4 Å². The average molecular weight is 456 g/mol. The van der Waals surface area contributed by atoms with E-state index in [2.05, 4.69) is 0 Å². The van der Waals surface area contributed by atoms with Crippen LogP contribution in [0.2, 0.25) is 0 Å². The van der Waals surface area contributed by atoms with Crippen LogP contribution in [-0.4, -0.2) is 24.3 Å². The lowest BCUT2D eigenvalue weighted by Crippen LogP contribution is -2.21. The van der Waals surface area contributed by atoms with Crippen LogP contribution in [0.4, 0.5) is 13.2 Å². The van der Waals surface area contributed by atoms with Gasteiger partial charge in [0.25, 0.3) is 0 Å². The van der Waals surface area contributed by atoms with E-state index in [1.54, 1.807) is 42.5 Å². The van der Waals surface area contributed by atoms with Crippen LogP contribution in [0.5, 0.6) is 17.2 Å². The molecule has 33 heavy (non-hydrogen) atoms. The summed E-state index contributed by atoms with van der Waals surface area (Å²) >= 11 is 0. The van der Waals surface area contributed by atoms with Crippen molar-refractivity contribution in [3.8, 4) is 28.4 Å². The molecule has 170 valence electrons. The normalized spacial score (nSPS) is 19.0. The van der Waals surface area contributed by atoms with Gasteiger partial charge in [-0.15, -0.1) is 0 Å². The van der Waals surface area contributed by atoms with Crippen molar-refractivity contribution in [1.82, 2.24) is 0 Å². The molecule has 5 rings (SSSR count). The highest BCUT2D eigenvalue weighted by Gasteiger charge is 2.34. The maximum Gasteiger partial charge on any atom is 0.417 e. The van der Waals surface area contributed by atoms with Gasteiger partial charge in [0.1, 0.15) is 12.4 Å². The standard InChI is InChI=1S/C25H19F3O5/c26-25(27,28)19-7-2-1-6-17(19)14-4-3-5-15(8-14)23-13-32-21-10-18-16(9-24(29)30)12-31-20(18)11-22(21)33-23/h1-8,10-11,16,23H,9,12-13H2,(H,29,30)/t16-,23?/m1/s1. The fourth-order valence-corrected chi connectivity index (χ4v) is 4.27. The summed E-state index contributed by atoms with van der Waals surface area (Å²) in [5, 5.41) is 9.09. The molecule has 1 unspecified atom stereocenters. The summed E-state index contributed by atoms with van der Waals surface area (Å²) in [5.74, 6) is 0.330. The van der Waals surface area contributed by atoms with E-state index < -0.39 is 23.8 Å². The van der Waals surface area contributed by atoms with Crippen LogP contribution in [0.1, 0.15) is 35.1 Å². The number of carbonyl (C=O) groups is 1. The third kappa shape index (κ3) is 4.08. The Morgan fingerprint density at radius 2 is 1.73 bits per heavy atom. The van der Waals surface area contributed by atoms with Crippen molar-refractivity contribution in [1.29, 1.82) is 0 Å². The Kier molecular flexibility index (Phi) is 5.15. The molecule has 0 bridgehead atoms. The summed E-state index contributed by atoms with van der Waals surface area (Å²) in [7, 11) is 0. The maximum absolute atomic E-state index is 13.5. The zero-order chi connectivity index (χ0) is 23.2. The molecule has 0 aromatic heterocycles. The number of benzene rings is 3. The fraction of sp³-hybridized carbons (Fsp3) is 0.240. The lowest BCUT2D eigenvalue weighted by atomic mass is 9.96. The Hall–Kier alpha value is -3.68. The number of hydrogen-bond acceptors (Lipinski definition) is 4. The Bertz CT molecular complexity index is 1220. The predicted molar refractivity (Wildman–Crippen MR) is 113 cm³/mol. The van der Waals surface area contributed by atoms with Gasteiger partial charge in [0, 0.05) is 17.5 Å². The summed E-state index contributed by atoms with van der Waals surface area (Å²) in [4.78, 5) is 11.1. The number of halogens is 3. The van der Waals surface area contributed by atoms with Crippen LogP contribution < -0.4 is 14.2 Å². The molecule has 0 spiro atoms. The zero-order valence-corrected chi connectivity index (χ0v) is 17.3. The second-order valence-corrected chi connectivity index (χ2v) is 8.03. The minimum Gasteiger partial charge on any atom is -0.492 e. The van der Waals surface area contributed by atoms with Crippen molar-refractivity contribution in [3.63, 3.8) is 0 Å². The van der Waals surface area contributed by atoms with E-state index in [1.807, 2.05) is 0 Å². The SMILES string of the molecule is O=C(O)C[C@@H]1COc2cc3c(cc21)OCC(c1cccc(-c2ccccc2C(F)(F)F)c1)O3. The van der Waals surface area contributed by atoms with Crippen LogP contribution in [0.3, 0.4) is 0 Å². The number of alkyl halides is 3. The number of carboxylic acids is 1. The van der Waals surface area contributed by atoms with E-state index in [-0.39, 0.29) is 31.1 Å². The molecule has 2 aliphatic heterocycles. The molecule has 0 fully saturated rings. The molecule has 0 aliphatic carbocycles. The van der Waals surface area contributed by atoms with Gasteiger partial charge in [0.05, 0.1) is 18.6 Å². The van der Waals surface area contributed by atoms with Crippen molar-refractivity contribution in [2.24, 2.45) is 0 Å². The van der Waals surface area contributed by atoms with Gasteiger partial charge in [-0.25, -0.2) is 0 Å². The van der Waals surface area contributed by atoms with Crippen molar-refractivity contribution in [2.75, 3.05) is 13.2 Å². The number of carboxylic acid groups (broad SMARTS) is 1. The summed E-state index contributed by atoms with van der Waals surface area (Å²) in [6.45, 7) is 0.440. The van der Waals surface area contributed by atoms with Crippen molar-refractivity contribution >= 4 is 5.97 Å². The summed E-state index contributed by atoms with van der Waals surface area (Å²) in [5.41, 5.74) is 1.28. The first-order chi connectivity index (χ1) is 15.8. The number of rotatable bonds is 4. The highest BCUT2D eigenvalue weighted by atomic mass is 19.4. The summed E-state index contributed by atoms with van der Waals surface area (Å²) < 4.78 is 58.0. The van der Waals surface area contributed by atoms with Gasteiger partial charge in [-0.1, -0.05) is 36.4 Å². The molecule has 5 nitrogen and oxygen atoms in total.